The largest absolute Gasteiger partial charge is 0.496 e. The maximum Gasteiger partial charge on any atom is 0.274 e. The number of H-pyrrole nitrogens is 2. The Balaban J connectivity index is 0.752. The first-order chi connectivity index (χ1) is 31.7. The lowest BCUT2D eigenvalue weighted by molar-refractivity contribution is 0.0678. The van der Waals surface area contributed by atoms with Crippen LogP contribution in [0.1, 0.15) is 64.0 Å². The van der Waals surface area contributed by atoms with Gasteiger partial charge >= 0.3 is 0 Å². The van der Waals surface area contributed by atoms with Gasteiger partial charge in [-0.25, -0.2) is 19.9 Å². The predicted molar refractivity (Wildman–Crippen MR) is 248 cm³/mol. The van der Waals surface area contributed by atoms with Gasteiger partial charge in [0.05, 0.1) is 56.0 Å². The quantitative estimate of drug-likeness (QED) is 0.108. The van der Waals surface area contributed by atoms with Gasteiger partial charge in [0.15, 0.2) is 0 Å². The van der Waals surface area contributed by atoms with Gasteiger partial charge in [0.25, 0.3) is 11.8 Å². The number of carbonyl (C=O) groups excluding carboxylic acids is 2. The molecule has 6 heterocycles. The molecule has 8 aromatic rings. The van der Waals surface area contributed by atoms with Crippen LogP contribution in [0.15, 0.2) is 109 Å². The number of hydrogen-bond donors (Lipinski definition) is 2. The van der Waals surface area contributed by atoms with Crippen LogP contribution in [0.5, 0.6) is 11.5 Å². The summed E-state index contributed by atoms with van der Waals surface area (Å²) in [6.07, 6.45) is 6.14. The number of fused-ring (bicyclic) bond motifs is 4. The summed E-state index contributed by atoms with van der Waals surface area (Å²) in [7, 11) is 3.19. The number of methoxy groups -OCH3 is 2. The van der Waals surface area contributed by atoms with E-state index in [-0.39, 0.29) is 57.9 Å². The van der Waals surface area contributed by atoms with Crippen LogP contribution in [-0.2, 0) is 0 Å². The monoisotopic (exact) mass is 896 g/mol. The lowest BCUT2D eigenvalue weighted by Gasteiger charge is -2.29. The summed E-state index contributed by atoms with van der Waals surface area (Å²) < 4.78 is 11.1. The fourth-order valence-corrected chi connectivity index (χ4v) is 10.5. The van der Waals surface area contributed by atoms with Crippen LogP contribution in [0, 0.1) is 23.7 Å². The van der Waals surface area contributed by atoms with Crippen LogP contribution >= 0.6 is 23.2 Å². The van der Waals surface area contributed by atoms with E-state index in [2.05, 4.69) is 80.3 Å². The second-order valence-electron chi connectivity index (χ2n) is 17.0. The van der Waals surface area contributed by atoms with Gasteiger partial charge in [-0.05, 0) is 71.7 Å². The summed E-state index contributed by atoms with van der Waals surface area (Å²) >= 11 is 12.9. The number of carbonyl (C=O) groups is 2. The Hall–Kier alpha value is -7.20. The van der Waals surface area contributed by atoms with Gasteiger partial charge in [-0.15, -0.1) is 0 Å². The van der Waals surface area contributed by atoms with Gasteiger partial charge in [-0.3, -0.25) is 9.59 Å². The van der Waals surface area contributed by atoms with Crippen molar-refractivity contribution in [1.82, 2.24) is 39.7 Å². The second kappa shape index (κ2) is 15.2. The standard InChI is InChI=1S/C51H38Cl2N8O4/c1-64-42-7-3-5-32-34(42)22-44(52)58-46(32)50(62)60-38-18-17-30(38)19-40(60)48-54-24-36(56-48)28-13-9-26(10-14-28)27-11-15-29(16-12-27)37-25-55-49(57-37)41-21-31-20-39(31)61(41)51(63)47-33-6-4-8-43(65-2)35(33)23-45(53)59-47/h3-16,22-25,30-31,38-41H,19-21H2,1-2H3,(H,54,56)(H,55,57)/t30-,31-,38-,39-,40?,41+/m1/s1. The van der Waals surface area contributed by atoms with E-state index < -0.39 is 0 Å². The van der Waals surface area contributed by atoms with Crippen molar-refractivity contribution in [2.24, 2.45) is 11.8 Å². The van der Waals surface area contributed by atoms with E-state index in [0.717, 1.165) is 63.1 Å². The molecule has 0 radical (unpaired) electrons. The molecule has 65 heavy (non-hydrogen) atoms. The first kappa shape index (κ1) is 39.4. The van der Waals surface area contributed by atoms with Crippen molar-refractivity contribution in [3.05, 3.63) is 143 Å². The topological polar surface area (TPSA) is 142 Å². The third-order valence-electron chi connectivity index (χ3n) is 13.5. The van der Waals surface area contributed by atoms with Gasteiger partial charge in [0.1, 0.15) is 50.9 Å². The lowest BCUT2D eigenvalue weighted by Crippen LogP contribution is -2.41. The minimum absolute atomic E-state index is 0.0581. The van der Waals surface area contributed by atoms with Crippen LogP contribution in [0.3, 0.4) is 0 Å². The maximum absolute atomic E-state index is 14.4. The van der Waals surface area contributed by atoms with Crippen LogP contribution in [0.25, 0.3) is 55.2 Å². The molecule has 0 bridgehead atoms. The molecular weight excluding hydrogens is 860 g/mol. The van der Waals surface area contributed by atoms with Crippen LogP contribution in [0.2, 0.25) is 10.3 Å². The Morgan fingerprint density at radius 2 is 1.11 bits per heavy atom. The number of amides is 2. The fraction of sp³-hybridized carbons (Fsp3) is 0.216. The third-order valence-corrected chi connectivity index (χ3v) is 13.9. The number of benzene rings is 4. The van der Waals surface area contributed by atoms with Crippen LogP contribution in [-0.4, -0.2) is 77.8 Å². The summed E-state index contributed by atoms with van der Waals surface area (Å²) in [4.78, 5) is 58.1. The smallest absolute Gasteiger partial charge is 0.274 e. The Morgan fingerprint density at radius 1 is 0.615 bits per heavy atom. The Morgan fingerprint density at radius 3 is 1.60 bits per heavy atom. The highest BCUT2D eigenvalue weighted by Gasteiger charge is 2.55. The van der Waals surface area contributed by atoms with Crippen molar-refractivity contribution in [2.75, 3.05) is 14.2 Å². The number of aromatic amines is 2. The maximum atomic E-state index is 14.4. The number of rotatable bonds is 9. The Bertz CT molecular complexity index is 3320. The van der Waals surface area contributed by atoms with Gasteiger partial charge < -0.3 is 29.2 Å². The van der Waals surface area contributed by atoms with Gasteiger partial charge in [0.2, 0.25) is 0 Å². The number of piperidine rings is 1. The average molecular weight is 898 g/mol. The molecule has 12 rings (SSSR count). The summed E-state index contributed by atoms with van der Waals surface area (Å²) in [5.74, 6) is 9.24. The van der Waals surface area contributed by atoms with Crippen LogP contribution in [0.4, 0.5) is 0 Å². The van der Waals surface area contributed by atoms with Gasteiger partial charge in [-0.1, -0.05) is 108 Å². The molecule has 2 amide bonds. The first-order valence-corrected chi connectivity index (χ1v) is 22.2. The minimum atomic E-state index is -0.332. The van der Waals surface area contributed by atoms with Crippen molar-refractivity contribution < 1.29 is 19.1 Å². The number of nitrogens with one attached hydrogen (secondary N) is 2. The first-order valence-electron chi connectivity index (χ1n) is 21.5. The SMILES string of the molecule is COc1cccc2c(C(=O)N3C(c4ncc(-c5ccc(-c6ccc(-c7cnc([C@@H]8C[C@H]9C[C@H]9N8C(=O)c8nc(Cl)cc9c(OC)cccc89)[nH]7)cc6)cc5)[nH]4)C[C@H]4C#C[C@H]43)nc(Cl)cc12. The highest BCUT2D eigenvalue weighted by atomic mass is 35.5. The van der Waals surface area contributed by atoms with E-state index in [9.17, 15) is 9.59 Å². The highest BCUT2D eigenvalue weighted by Crippen LogP contribution is 2.54. The number of nitrogens with zero attached hydrogens (tertiary/aromatic N) is 6. The summed E-state index contributed by atoms with van der Waals surface area (Å²) in [6.45, 7) is 0. The lowest BCUT2D eigenvalue weighted by atomic mass is 9.92. The van der Waals surface area contributed by atoms with E-state index >= 15 is 0 Å². The summed E-state index contributed by atoms with van der Waals surface area (Å²) in [5, 5.41) is 3.31. The number of ether oxygens (including phenoxy) is 2. The molecule has 14 heteroatoms. The van der Waals surface area contributed by atoms with Crippen molar-refractivity contribution in [3.8, 4) is 57.0 Å². The number of halogens is 2. The molecule has 6 atom stereocenters. The molecule has 4 aliphatic rings. The molecule has 12 nitrogen and oxygen atoms in total. The molecule has 4 aromatic carbocycles. The zero-order valence-electron chi connectivity index (χ0n) is 35.0. The van der Waals surface area contributed by atoms with E-state index in [1.54, 1.807) is 26.4 Å². The molecule has 0 spiro atoms. The van der Waals surface area contributed by atoms with Gasteiger partial charge in [-0.2, -0.15) is 0 Å². The molecule has 1 unspecified atom stereocenters. The second-order valence-corrected chi connectivity index (χ2v) is 17.8. The molecule has 4 aromatic heterocycles. The highest BCUT2D eigenvalue weighted by molar-refractivity contribution is 6.31. The normalized spacial score (nSPS) is 21.4. The number of aromatic nitrogens is 6. The van der Waals surface area contributed by atoms with Crippen LogP contribution < -0.4 is 9.47 Å². The average Bonchev–Trinajstić information content (AvgIpc) is 3.73. The Kier molecular flexibility index (Phi) is 9.22. The van der Waals surface area contributed by atoms with Gasteiger partial charge in [0, 0.05) is 27.6 Å². The molecule has 2 saturated heterocycles. The molecule has 2 aliphatic carbocycles. The summed E-state index contributed by atoms with van der Waals surface area (Å²) in [5.41, 5.74) is 6.38. The van der Waals surface area contributed by atoms with Crippen molar-refractivity contribution in [3.63, 3.8) is 0 Å². The van der Waals surface area contributed by atoms with E-state index in [0.29, 0.717) is 46.1 Å². The zero-order valence-corrected chi connectivity index (χ0v) is 36.6. The number of likely N-dealkylation sites (tertiary alicyclic amines) is 2. The zero-order chi connectivity index (χ0) is 44.1. The number of pyridine rings is 2. The van der Waals surface area contributed by atoms with Crippen molar-refractivity contribution in [1.29, 1.82) is 0 Å². The molecular formula is C51H38Cl2N8O4. The molecule has 2 N–H and O–H groups in total. The summed E-state index contributed by atoms with van der Waals surface area (Å²) in [6, 6.07) is 30.7. The van der Waals surface area contributed by atoms with Crippen molar-refractivity contribution in [2.45, 2.75) is 43.4 Å². The number of imidazole rings is 2. The molecule has 1 saturated carbocycles. The van der Waals surface area contributed by atoms with E-state index in [1.807, 2.05) is 58.6 Å². The molecule has 2 aliphatic heterocycles. The van der Waals surface area contributed by atoms with E-state index in [4.69, 9.17) is 42.6 Å². The minimum Gasteiger partial charge on any atom is -0.496 e. The van der Waals surface area contributed by atoms with E-state index in [1.165, 1.54) is 0 Å². The Labute approximate surface area is 383 Å². The number of hydrogen-bond acceptors (Lipinski definition) is 8. The van der Waals surface area contributed by atoms with Crippen molar-refractivity contribution >= 4 is 56.6 Å². The third kappa shape index (κ3) is 6.52. The fourth-order valence-electron chi connectivity index (χ4n) is 10.1. The molecule has 320 valence electrons. The molecule has 3 fully saturated rings. The predicted octanol–water partition coefficient (Wildman–Crippen LogP) is 10.1.